The first-order chi connectivity index (χ1) is 27.2. The van der Waals surface area contributed by atoms with Gasteiger partial charge in [0, 0.05) is 42.5 Å². The van der Waals surface area contributed by atoms with Crippen molar-refractivity contribution in [1.82, 2.24) is 23.8 Å². The summed E-state index contributed by atoms with van der Waals surface area (Å²) in [6.45, 7) is 3.70. The van der Waals surface area contributed by atoms with E-state index in [9.17, 15) is 37.2 Å². The van der Waals surface area contributed by atoms with Gasteiger partial charge in [-0.25, -0.2) is 27.0 Å². The Hall–Kier alpha value is -5.28. The van der Waals surface area contributed by atoms with Gasteiger partial charge in [0.1, 0.15) is 18.0 Å². The zero-order valence-corrected chi connectivity index (χ0v) is 33.0. The Morgan fingerprint density at radius 1 is 0.930 bits per heavy atom. The number of amides is 3. The summed E-state index contributed by atoms with van der Waals surface area (Å²) in [6, 6.07) is 27.0. The Morgan fingerprint density at radius 2 is 1.65 bits per heavy atom. The smallest absolute Gasteiger partial charge is 0.404 e. The van der Waals surface area contributed by atoms with Gasteiger partial charge in [-0.05, 0) is 65.6 Å². The van der Waals surface area contributed by atoms with E-state index in [-0.39, 0.29) is 61.5 Å². The zero-order valence-electron chi connectivity index (χ0n) is 30.5. The van der Waals surface area contributed by atoms with Crippen LogP contribution >= 0.6 is 19.4 Å². The minimum Gasteiger partial charge on any atom is -0.404 e. The Kier molecular flexibility index (Phi) is 11.4. The SMILES string of the molecule is C=CCN1CC(=O)N2[C@@H](Cc3ccc(OP(=O)(O)O)cc3)C(=O)N(Cc3cccc4ccn(S(=O)(=O)c5ccc(Cl)cc5)c34)C[C@@H]2N1C(=O)CCc1ccccc1. The first-order valence-corrected chi connectivity index (χ1v) is 21.3. The molecule has 0 radical (unpaired) electrons. The number of carbonyl (C=O) groups is 3. The molecule has 1 aromatic heterocycles. The number of piperazine rings is 1. The van der Waals surface area contributed by atoms with Crippen molar-refractivity contribution in [3.63, 3.8) is 0 Å². The average Bonchev–Trinajstić information content (AvgIpc) is 3.63. The first kappa shape index (κ1) is 39.9. The van der Waals surface area contributed by atoms with Crippen LogP contribution < -0.4 is 4.52 Å². The van der Waals surface area contributed by atoms with Gasteiger partial charge in [-0.15, -0.1) is 6.58 Å². The molecule has 57 heavy (non-hydrogen) atoms. The average molecular weight is 832 g/mol. The van der Waals surface area contributed by atoms with E-state index in [0.717, 1.165) is 5.56 Å². The highest BCUT2D eigenvalue weighted by Gasteiger charge is 2.51. The largest absolute Gasteiger partial charge is 0.524 e. The second-order valence-corrected chi connectivity index (χ2v) is 17.1. The molecule has 2 atom stereocenters. The molecule has 5 aromatic rings. The van der Waals surface area contributed by atoms with E-state index in [2.05, 4.69) is 6.58 Å². The number of carbonyl (C=O) groups excluding carboxylic acids is 3. The number of benzene rings is 4. The monoisotopic (exact) mass is 831 g/mol. The molecular formula is C40H39ClN5O9PS. The molecule has 0 spiro atoms. The van der Waals surface area contributed by atoms with Crippen LogP contribution in [-0.2, 0) is 48.4 Å². The predicted molar refractivity (Wildman–Crippen MR) is 212 cm³/mol. The van der Waals surface area contributed by atoms with Crippen LogP contribution in [0.2, 0.25) is 5.02 Å². The van der Waals surface area contributed by atoms with E-state index < -0.39 is 36.0 Å². The standard InChI is InChI=1S/C40H39ClN5O9PS/c1-2-22-43-27-38(48)45-35(24-29-11-16-33(17-12-29)55-56(50,51)52)40(49)42(26-36(45)46(43)37(47)20-13-28-7-4-3-5-8-28)25-31-10-6-9-30-21-23-44(39(30)31)57(53,54)34-18-14-32(41)15-19-34/h2-12,14-19,21,23,35-36H,1,13,20,22,24-27H2,(H2,50,51,52)/t35-,36-/m0/s1. The van der Waals surface area contributed by atoms with Crippen LogP contribution in [0.3, 0.4) is 0 Å². The first-order valence-electron chi connectivity index (χ1n) is 18.0. The Labute approximate surface area is 334 Å². The van der Waals surface area contributed by atoms with E-state index in [1.54, 1.807) is 57.4 Å². The molecule has 2 fully saturated rings. The van der Waals surface area contributed by atoms with Crippen LogP contribution in [0.4, 0.5) is 0 Å². The Balaban J connectivity index is 1.28. The van der Waals surface area contributed by atoms with Gasteiger partial charge >= 0.3 is 7.82 Å². The number of aryl methyl sites for hydroxylation is 1. The number of hydrogen-bond donors (Lipinski definition) is 2. The van der Waals surface area contributed by atoms with E-state index in [1.807, 2.05) is 30.3 Å². The normalized spacial score (nSPS) is 17.8. The summed E-state index contributed by atoms with van der Waals surface area (Å²) in [4.78, 5) is 64.7. The number of hydrogen-bond acceptors (Lipinski definition) is 8. The van der Waals surface area contributed by atoms with Crippen molar-refractivity contribution in [3.8, 4) is 5.75 Å². The fourth-order valence-electron chi connectivity index (χ4n) is 7.45. The van der Waals surface area contributed by atoms with Gasteiger partial charge < -0.3 is 14.3 Å². The molecule has 7 rings (SSSR count). The number of fused-ring (bicyclic) bond motifs is 2. The molecule has 3 amide bonds. The third-order valence-corrected chi connectivity index (χ3v) is 12.4. The maximum absolute atomic E-state index is 14.7. The minimum absolute atomic E-state index is 0.00715. The van der Waals surface area contributed by atoms with Crippen LogP contribution in [0.25, 0.3) is 10.9 Å². The number of halogens is 1. The fraction of sp³-hybridized carbons (Fsp3) is 0.225. The maximum atomic E-state index is 14.7. The van der Waals surface area contributed by atoms with Gasteiger partial charge in [-0.3, -0.25) is 24.2 Å². The van der Waals surface area contributed by atoms with Gasteiger partial charge in [0.2, 0.25) is 17.7 Å². The lowest BCUT2D eigenvalue weighted by Gasteiger charge is -2.55. The van der Waals surface area contributed by atoms with Crippen molar-refractivity contribution in [3.05, 3.63) is 144 Å². The summed E-state index contributed by atoms with van der Waals surface area (Å²) in [5.74, 6) is -1.16. The van der Waals surface area contributed by atoms with E-state index in [4.69, 9.17) is 16.1 Å². The van der Waals surface area contributed by atoms with Crippen molar-refractivity contribution in [1.29, 1.82) is 0 Å². The summed E-state index contributed by atoms with van der Waals surface area (Å²) >= 11 is 6.05. The lowest BCUT2D eigenvalue weighted by molar-refractivity contribution is -0.205. The molecular weight excluding hydrogens is 793 g/mol. The number of phosphoric ester groups is 1. The quantitative estimate of drug-likeness (QED) is 0.122. The van der Waals surface area contributed by atoms with Crippen LogP contribution in [0.15, 0.2) is 127 Å². The second kappa shape index (κ2) is 16.3. The van der Waals surface area contributed by atoms with Crippen LogP contribution in [0.1, 0.15) is 23.1 Å². The van der Waals surface area contributed by atoms with E-state index >= 15 is 0 Å². The summed E-state index contributed by atoms with van der Waals surface area (Å²) < 4.78 is 45.3. The zero-order chi connectivity index (χ0) is 40.5. The molecule has 0 bridgehead atoms. The molecule has 17 heteroatoms. The summed E-state index contributed by atoms with van der Waals surface area (Å²) in [5.41, 5.74) is 2.39. The summed E-state index contributed by atoms with van der Waals surface area (Å²) in [5, 5.41) is 4.18. The third kappa shape index (κ3) is 8.54. The molecule has 2 aliphatic rings. The molecule has 0 saturated carbocycles. The molecule has 0 unspecified atom stereocenters. The number of aromatic nitrogens is 1. The molecule has 2 N–H and O–H groups in total. The second-order valence-electron chi connectivity index (χ2n) is 13.7. The van der Waals surface area contributed by atoms with E-state index in [0.29, 0.717) is 33.5 Å². The van der Waals surface area contributed by atoms with Gasteiger partial charge in [-0.2, -0.15) is 0 Å². The Bertz CT molecular complexity index is 2480. The minimum atomic E-state index is -4.83. The van der Waals surface area contributed by atoms with Crippen molar-refractivity contribution < 1.29 is 41.7 Å². The lowest BCUT2D eigenvalue weighted by atomic mass is 9.97. The Morgan fingerprint density at radius 3 is 2.33 bits per heavy atom. The molecule has 3 heterocycles. The van der Waals surface area contributed by atoms with Crippen molar-refractivity contribution >= 4 is 58.1 Å². The van der Waals surface area contributed by atoms with Crippen molar-refractivity contribution in [2.75, 3.05) is 19.6 Å². The predicted octanol–water partition coefficient (Wildman–Crippen LogP) is 4.99. The molecule has 296 valence electrons. The topological polar surface area (TPSA) is 170 Å². The third-order valence-electron chi connectivity index (χ3n) is 9.96. The highest BCUT2D eigenvalue weighted by atomic mass is 35.5. The molecule has 4 aromatic carbocycles. The molecule has 2 aliphatic heterocycles. The van der Waals surface area contributed by atoms with Gasteiger partial charge in [-0.1, -0.05) is 78.3 Å². The van der Waals surface area contributed by atoms with Crippen LogP contribution in [0.5, 0.6) is 5.75 Å². The van der Waals surface area contributed by atoms with Crippen molar-refractivity contribution in [2.45, 2.75) is 42.9 Å². The number of phosphoric acid groups is 1. The molecule has 2 saturated heterocycles. The van der Waals surface area contributed by atoms with Crippen molar-refractivity contribution in [2.24, 2.45) is 0 Å². The molecule has 0 aliphatic carbocycles. The number of nitrogens with zero attached hydrogens (tertiary/aromatic N) is 5. The maximum Gasteiger partial charge on any atom is 0.524 e. The summed E-state index contributed by atoms with van der Waals surface area (Å²) in [7, 11) is -8.92. The summed E-state index contributed by atoms with van der Waals surface area (Å²) in [6.07, 6.45) is 2.67. The van der Waals surface area contributed by atoms with Crippen LogP contribution in [-0.4, -0.2) is 91.6 Å². The highest BCUT2D eigenvalue weighted by Crippen LogP contribution is 2.38. The van der Waals surface area contributed by atoms with Gasteiger partial charge in [0.25, 0.3) is 10.0 Å². The van der Waals surface area contributed by atoms with Gasteiger partial charge in [0.05, 0.1) is 23.5 Å². The number of rotatable bonds is 13. The van der Waals surface area contributed by atoms with E-state index in [1.165, 1.54) is 51.5 Å². The van der Waals surface area contributed by atoms with Gasteiger partial charge in [0.15, 0.2) is 0 Å². The lowest BCUT2D eigenvalue weighted by Crippen LogP contribution is -2.75. The number of hydrazine groups is 1. The fourth-order valence-corrected chi connectivity index (χ4v) is 9.37. The number of para-hydroxylation sites is 1. The highest BCUT2D eigenvalue weighted by molar-refractivity contribution is 7.90. The molecule has 14 nitrogen and oxygen atoms in total. The van der Waals surface area contributed by atoms with Crippen LogP contribution in [0, 0.1) is 0 Å².